The SMILES string of the molecule is COc1cccc(C(=O)N2CCN(C(C)C(=O)NC3(C#N)CCCCC3)CC2)c1. The zero-order valence-corrected chi connectivity index (χ0v) is 17.3. The minimum atomic E-state index is -0.715. The molecule has 3 rings (SSSR count). The Morgan fingerprint density at radius 1 is 1.17 bits per heavy atom. The van der Waals surface area contributed by atoms with Crippen molar-refractivity contribution in [1.29, 1.82) is 5.26 Å². The molecule has 1 unspecified atom stereocenters. The lowest BCUT2D eigenvalue weighted by atomic mass is 9.82. The quantitative estimate of drug-likeness (QED) is 0.822. The fourth-order valence-electron chi connectivity index (χ4n) is 4.18. The number of methoxy groups -OCH3 is 1. The molecule has 1 N–H and O–H groups in total. The lowest BCUT2D eigenvalue weighted by Gasteiger charge is -2.39. The molecule has 1 heterocycles. The van der Waals surface area contributed by atoms with Gasteiger partial charge >= 0.3 is 0 Å². The highest BCUT2D eigenvalue weighted by atomic mass is 16.5. The molecule has 1 saturated carbocycles. The second-order valence-corrected chi connectivity index (χ2v) is 7.98. The third-order valence-electron chi connectivity index (χ3n) is 6.13. The number of benzene rings is 1. The predicted molar refractivity (Wildman–Crippen MR) is 110 cm³/mol. The highest BCUT2D eigenvalue weighted by Crippen LogP contribution is 2.28. The number of carbonyl (C=O) groups excluding carboxylic acids is 2. The van der Waals surface area contributed by atoms with Crippen molar-refractivity contribution in [1.82, 2.24) is 15.1 Å². The van der Waals surface area contributed by atoms with Crippen LogP contribution >= 0.6 is 0 Å². The van der Waals surface area contributed by atoms with Crippen LogP contribution in [-0.2, 0) is 4.79 Å². The number of nitrogens with zero attached hydrogens (tertiary/aromatic N) is 3. The van der Waals surface area contributed by atoms with Gasteiger partial charge in [-0.1, -0.05) is 25.3 Å². The lowest BCUT2D eigenvalue weighted by Crippen LogP contribution is -2.58. The van der Waals surface area contributed by atoms with E-state index in [1.165, 1.54) is 0 Å². The summed E-state index contributed by atoms with van der Waals surface area (Å²) in [4.78, 5) is 29.4. The molecule has 2 aliphatic rings. The Labute approximate surface area is 172 Å². The van der Waals surface area contributed by atoms with E-state index in [1.807, 2.05) is 24.0 Å². The van der Waals surface area contributed by atoms with E-state index < -0.39 is 5.54 Å². The van der Waals surface area contributed by atoms with Gasteiger partial charge in [0.1, 0.15) is 11.3 Å². The van der Waals surface area contributed by atoms with E-state index >= 15 is 0 Å². The van der Waals surface area contributed by atoms with Crippen LogP contribution in [0.1, 0.15) is 49.4 Å². The number of rotatable bonds is 5. The van der Waals surface area contributed by atoms with E-state index in [9.17, 15) is 14.9 Å². The smallest absolute Gasteiger partial charge is 0.254 e. The molecule has 2 fully saturated rings. The first-order valence-electron chi connectivity index (χ1n) is 10.4. The topological polar surface area (TPSA) is 85.7 Å². The first-order valence-corrected chi connectivity index (χ1v) is 10.4. The van der Waals surface area contributed by atoms with E-state index in [4.69, 9.17) is 4.74 Å². The van der Waals surface area contributed by atoms with Gasteiger partial charge in [0.15, 0.2) is 0 Å². The van der Waals surface area contributed by atoms with Crippen molar-refractivity contribution < 1.29 is 14.3 Å². The van der Waals surface area contributed by atoms with Gasteiger partial charge in [0, 0.05) is 31.7 Å². The maximum atomic E-state index is 12.8. The molecule has 7 heteroatoms. The molecule has 0 radical (unpaired) electrons. The van der Waals surface area contributed by atoms with Gasteiger partial charge in [-0.25, -0.2) is 0 Å². The van der Waals surface area contributed by atoms with Gasteiger partial charge in [0.05, 0.1) is 19.2 Å². The average Bonchev–Trinajstić information content (AvgIpc) is 2.78. The average molecular weight is 399 g/mol. The predicted octanol–water partition coefficient (Wildman–Crippen LogP) is 2.18. The number of amides is 2. The molecule has 2 amide bonds. The Bertz CT molecular complexity index is 775. The first kappa shape index (κ1) is 21.1. The van der Waals surface area contributed by atoms with E-state index in [1.54, 1.807) is 19.2 Å². The fraction of sp³-hybridized carbons (Fsp3) is 0.591. The molecule has 1 aromatic rings. The number of ether oxygens (including phenoxy) is 1. The maximum absolute atomic E-state index is 12.8. The number of carbonyl (C=O) groups is 2. The molecule has 1 aromatic carbocycles. The van der Waals surface area contributed by atoms with Crippen LogP contribution in [0.5, 0.6) is 5.75 Å². The van der Waals surface area contributed by atoms with Crippen LogP contribution in [0.25, 0.3) is 0 Å². The van der Waals surface area contributed by atoms with Gasteiger partial charge in [-0.2, -0.15) is 5.26 Å². The van der Waals surface area contributed by atoms with Gasteiger partial charge in [-0.05, 0) is 38.0 Å². The maximum Gasteiger partial charge on any atom is 0.254 e. The minimum absolute atomic E-state index is 0.0220. The summed E-state index contributed by atoms with van der Waals surface area (Å²) in [5.41, 5.74) is -0.106. The molecule has 7 nitrogen and oxygen atoms in total. The number of piperazine rings is 1. The number of hydrogen-bond acceptors (Lipinski definition) is 5. The van der Waals surface area contributed by atoms with Crippen LogP contribution in [0.2, 0.25) is 0 Å². The molecule has 29 heavy (non-hydrogen) atoms. The summed E-state index contributed by atoms with van der Waals surface area (Å²) in [5.74, 6) is 0.543. The minimum Gasteiger partial charge on any atom is -0.497 e. The lowest BCUT2D eigenvalue weighted by molar-refractivity contribution is -0.128. The van der Waals surface area contributed by atoms with Crippen LogP contribution in [0.3, 0.4) is 0 Å². The molecule has 1 aliphatic heterocycles. The Kier molecular flexibility index (Phi) is 6.75. The van der Waals surface area contributed by atoms with Crippen molar-refractivity contribution >= 4 is 11.8 Å². The largest absolute Gasteiger partial charge is 0.497 e. The van der Waals surface area contributed by atoms with Gasteiger partial charge in [-0.15, -0.1) is 0 Å². The third-order valence-corrected chi connectivity index (χ3v) is 6.13. The van der Waals surface area contributed by atoms with E-state index in [0.717, 1.165) is 32.1 Å². The Morgan fingerprint density at radius 3 is 2.48 bits per heavy atom. The molecule has 1 aliphatic carbocycles. The van der Waals surface area contributed by atoms with Gasteiger partial charge in [0.25, 0.3) is 5.91 Å². The summed E-state index contributed by atoms with van der Waals surface area (Å²) in [6, 6.07) is 9.18. The van der Waals surface area contributed by atoms with Gasteiger partial charge in [-0.3, -0.25) is 14.5 Å². The Hall–Kier alpha value is -2.59. The van der Waals surface area contributed by atoms with E-state index in [-0.39, 0.29) is 17.9 Å². The molecular weight excluding hydrogens is 368 g/mol. The number of nitrogens with one attached hydrogen (secondary N) is 1. The molecule has 156 valence electrons. The summed E-state index contributed by atoms with van der Waals surface area (Å²) >= 11 is 0. The highest BCUT2D eigenvalue weighted by molar-refractivity contribution is 5.94. The molecular formula is C22H30N4O3. The van der Waals surface area contributed by atoms with Crippen molar-refractivity contribution in [2.75, 3.05) is 33.3 Å². The Balaban J connectivity index is 1.54. The van der Waals surface area contributed by atoms with Crippen LogP contribution in [0, 0.1) is 11.3 Å². The summed E-state index contributed by atoms with van der Waals surface area (Å²) in [5, 5.41) is 12.6. The van der Waals surface area contributed by atoms with Crippen molar-refractivity contribution in [3.8, 4) is 11.8 Å². The molecule has 1 saturated heterocycles. The second-order valence-electron chi connectivity index (χ2n) is 7.98. The third kappa shape index (κ3) is 4.88. The van der Waals surface area contributed by atoms with Gasteiger partial charge < -0.3 is 15.0 Å². The van der Waals surface area contributed by atoms with Crippen molar-refractivity contribution in [2.45, 2.75) is 50.6 Å². The summed E-state index contributed by atoms with van der Waals surface area (Å²) in [6.07, 6.45) is 4.54. The van der Waals surface area contributed by atoms with Crippen LogP contribution in [0.15, 0.2) is 24.3 Å². The summed E-state index contributed by atoms with van der Waals surface area (Å²) in [6.45, 7) is 4.27. The van der Waals surface area contributed by atoms with Crippen LogP contribution < -0.4 is 10.1 Å². The monoisotopic (exact) mass is 398 g/mol. The van der Waals surface area contributed by atoms with Crippen molar-refractivity contribution in [3.05, 3.63) is 29.8 Å². The van der Waals surface area contributed by atoms with Crippen molar-refractivity contribution in [2.24, 2.45) is 0 Å². The zero-order valence-electron chi connectivity index (χ0n) is 17.3. The summed E-state index contributed by atoms with van der Waals surface area (Å²) < 4.78 is 5.20. The van der Waals surface area contributed by atoms with Gasteiger partial charge in [0.2, 0.25) is 5.91 Å². The standard InChI is InChI=1S/C22H30N4O3/c1-17(20(27)24-22(16-23)9-4-3-5-10-22)25-11-13-26(14-12-25)21(28)18-7-6-8-19(15-18)29-2/h6-8,15,17H,3-5,9-14H2,1-2H3,(H,24,27). The Morgan fingerprint density at radius 2 is 1.86 bits per heavy atom. The zero-order chi connectivity index (χ0) is 20.9. The molecule has 1 atom stereocenters. The fourth-order valence-corrected chi connectivity index (χ4v) is 4.18. The van der Waals surface area contributed by atoms with Crippen LogP contribution in [-0.4, -0.2) is 66.5 Å². The molecule has 0 bridgehead atoms. The van der Waals surface area contributed by atoms with Crippen LogP contribution in [0.4, 0.5) is 0 Å². The normalized spacial score (nSPS) is 20.4. The number of nitriles is 1. The highest BCUT2D eigenvalue weighted by Gasteiger charge is 2.36. The first-order chi connectivity index (χ1) is 14.0. The van der Waals surface area contributed by atoms with E-state index in [2.05, 4.69) is 16.3 Å². The summed E-state index contributed by atoms with van der Waals surface area (Å²) in [7, 11) is 1.58. The molecule has 0 spiro atoms. The number of hydrogen-bond donors (Lipinski definition) is 1. The van der Waals surface area contributed by atoms with E-state index in [0.29, 0.717) is 37.5 Å². The van der Waals surface area contributed by atoms with Crippen molar-refractivity contribution in [3.63, 3.8) is 0 Å². The molecule has 0 aromatic heterocycles. The second kappa shape index (κ2) is 9.27.